The standard InChI is InChI=1S/C9H13F3N6O2/c10-9(11,12)3-1-2-4-14-7-6(18(19)20)8(17-13)16-5-15-7/h5H,1-4,13H2,(H2,14,15,16,17). The minimum atomic E-state index is -4.20. The topological polar surface area (TPSA) is 119 Å². The number of nitrogen functional groups attached to an aromatic ring is 1. The van der Waals surface area contributed by atoms with Crippen LogP contribution in [0.3, 0.4) is 0 Å². The predicted octanol–water partition coefficient (Wildman–Crippen LogP) is 1.81. The zero-order valence-electron chi connectivity index (χ0n) is 10.3. The zero-order valence-corrected chi connectivity index (χ0v) is 10.3. The number of nitrogens with one attached hydrogen (secondary N) is 2. The summed E-state index contributed by atoms with van der Waals surface area (Å²) in [5.41, 5.74) is 1.60. The third-order valence-corrected chi connectivity index (χ3v) is 2.32. The van der Waals surface area contributed by atoms with E-state index < -0.39 is 23.2 Å². The van der Waals surface area contributed by atoms with Crippen LogP contribution < -0.4 is 16.6 Å². The molecular formula is C9H13F3N6O2. The van der Waals surface area contributed by atoms with E-state index in [1.54, 1.807) is 0 Å². The van der Waals surface area contributed by atoms with Crippen molar-refractivity contribution < 1.29 is 18.1 Å². The number of hydrazine groups is 1. The molecule has 0 aliphatic rings. The molecule has 0 atom stereocenters. The largest absolute Gasteiger partial charge is 0.389 e. The van der Waals surface area contributed by atoms with E-state index in [0.717, 1.165) is 6.33 Å². The van der Waals surface area contributed by atoms with Crippen molar-refractivity contribution in [2.75, 3.05) is 17.3 Å². The summed E-state index contributed by atoms with van der Waals surface area (Å²) in [5, 5.41) is 13.5. The summed E-state index contributed by atoms with van der Waals surface area (Å²) in [4.78, 5) is 17.4. The Kier molecular flexibility index (Phi) is 5.43. The van der Waals surface area contributed by atoms with Gasteiger partial charge >= 0.3 is 11.9 Å². The Hall–Kier alpha value is -2.17. The van der Waals surface area contributed by atoms with Gasteiger partial charge in [-0.15, -0.1) is 0 Å². The number of nitrogens with zero attached hydrogens (tertiary/aromatic N) is 3. The first-order chi connectivity index (χ1) is 9.35. The predicted molar refractivity (Wildman–Crippen MR) is 64.9 cm³/mol. The van der Waals surface area contributed by atoms with Crippen LogP contribution in [0.1, 0.15) is 19.3 Å². The van der Waals surface area contributed by atoms with Gasteiger partial charge in [0.1, 0.15) is 6.33 Å². The summed E-state index contributed by atoms with van der Waals surface area (Å²) in [6.45, 7) is 0.123. The molecule has 0 saturated heterocycles. The maximum absolute atomic E-state index is 11.9. The maximum atomic E-state index is 11.9. The van der Waals surface area contributed by atoms with Crippen LogP contribution in [-0.2, 0) is 0 Å². The summed E-state index contributed by atoms with van der Waals surface area (Å²) >= 11 is 0. The van der Waals surface area contributed by atoms with Gasteiger partial charge in [0, 0.05) is 13.0 Å². The van der Waals surface area contributed by atoms with Gasteiger partial charge in [-0.2, -0.15) is 13.2 Å². The number of unbranched alkanes of at least 4 members (excludes halogenated alkanes) is 1. The summed E-state index contributed by atoms with van der Waals surface area (Å²) in [6.07, 6.45) is -3.91. The molecule has 1 heterocycles. The third kappa shape index (κ3) is 4.84. The van der Waals surface area contributed by atoms with Crippen LogP contribution in [-0.4, -0.2) is 27.6 Å². The molecule has 0 radical (unpaired) electrons. The van der Waals surface area contributed by atoms with E-state index in [0.29, 0.717) is 0 Å². The molecule has 0 unspecified atom stereocenters. The lowest BCUT2D eigenvalue weighted by Gasteiger charge is -2.08. The highest BCUT2D eigenvalue weighted by molar-refractivity contribution is 5.68. The lowest BCUT2D eigenvalue weighted by Crippen LogP contribution is -2.14. The van der Waals surface area contributed by atoms with Crippen molar-refractivity contribution in [3.63, 3.8) is 0 Å². The first-order valence-corrected chi connectivity index (χ1v) is 5.62. The van der Waals surface area contributed by atoms with Gasteiger partial charge in [-0.25, -0.2) is 15.8 Å². The van der Waals surface area contributed by atoms with Gasteiger partial charge in [-0.1, -0.05) is 0 Å². The molecule has 4 N–H and O–H groups in total. The summed E-state index contributed by atoms with van der Waals surface area (Å²) in [6, 6.07) is 0. The number of hydrogen-bond donors (Lipinski definition) is 3. The Morgan fingerprint density at radius 1 is 1.30 bits per heavy atom. The van der Waals surface area contributed by atoms with Crippen molar-refractivity contribution in [3.8, 4) is 0 Å². The molecule has 8 nitrogen and oxygen atoms in total. The number of halogens is 3. The Morgan fingerprint density at radius 2 is 1.95 bits per heavy atom. The fourth-order valence-electron chi connectivity index (χ4n) is 1.44. The average molecular weight is 294 g/mol. The molecule has 0 fully saturated rings. The van der Waals surface area contributed by atoms with E-state index in [2.05, 4.69) is 20.7 Å². The number of rotatable bonds is 7. The van der Waals surface area contributed by atoms with Gasteiger partial charge < -0.3 is 10.7 Å². The van der Waals surface area contributed by atoms with E-state index in [1.807, 2.05) is 0 Å². The average Bonchev–Trinajstić information content (AvgIpc) is 2.36. The first-order valence-electron chi connectivity index (χ1n) is 5.62. The van der Waals surface area contributed by atoms with Gasteiger partial charge in [0.05, 0.1) is 4.92 Å². The van der Waals surface area contributed by atoms with Gasteiger partial charge in [0.2, 0.25) is 11.6 Å². The van der Waals surface area contributed by atoms with Crippen molar-refractivity contribution in [1.29, 1.82) is 0 Å². The van der Waals surface area contributed by atoms with Crippen molar-refractivity contribution in [2.45, 2.75) is 25.4 Å². The number of nitro groups is 1. The molecule has 112 valence electrons. The number of hydrogen-bond acceptors (Lipinski definition) is 7. The lowest BCUT2D eigenvalue weighted by molar-refractivity contribution is -0.383. The highest BCUT2D eigenvalue weighted by atomic mass is 19.4. The van der Waals surface area contributed by atoms with Crippen LogP contribution in [0.25, 0.3) is 0 Å². The maximum Gasteiger partial charge on any atom is 0.389 e. The fourth-order valence-corrected chi connectivity index (χ4v) is 1.44. The molecule has 0 spiro atoms. The van der Waals surface area contributed by atoms with Crippen molar-refractivity contribution in [1.82, 2.24) is 9.97 Å². The smallest absolute Gasteiger partial charge is 0.364 e. The van der Waals surface area contributed by atoms with E-state index in [-0.39, 0.29) is 31.0 Å². The van der Waals surface area contributed by atoms with Crippen LogP contribution >= 0.6 is 0 Å². The van der Waals surface area contributed by atoms with Gasteiger partial charge in [0.25, 0.3) is 0 Å². The van der Waals surface area contributed by atoms with E-state index in [9.17, 15) is 23.3 Å². The molecule has 1 aromatic rings. The Labute approximate surface area is 111 Å². The number of aromatic nitrogens is 2. The monoisotopic (exact) mass is 294 g/mol. The quantitative estimate of drug-likeness (QED) is 0.303. The third-order valence-electron chi connectivity index (χ3n) is 2.32. The van der Waals surface area contributed by atoms with E-state index in [1.165, 1.54) is 0 Å². The number of anilines is 2. The van der Waals surface area contributed by atoms with E-state index in [4.69, 9.17) is 5.84 Å². The van der Waals surface area contributed by atoms with Crippen LogP contribution in [0.2, 0.25) is 0 Å². The SMILES string of the molecule is NNc1ncnc(NCCCCC(F)(F)F)c1[N+](=O)[O-]. The van der Waals surface area contributed by atoms with Crippen LogP contribution in [0.4, 0.5) is 30.5 Å². The van der Waals surface area contributed by atoms with Gasteiger partial charge in [-0.3, -0.25) is 10.1 Å². The Balaban J connectivity index is 2.58. The van der Waals surface area contributed by atoms with E-state index >= 15 is 0 Å². The summed E-state index contributed by atoms with van der Waals surface area (Å²) in [7, 11) is 0. The second-order valence-electron chi connectivity index (χ2n) is 3.82. The van der Waals surface area contributed by atoms with Crippen molar-refractivity contribution in [3.05, 3.63) is 16.4 Å². The number of nitrogens with two attached hydrogens (primary N) is 1. The second kappa shape index (κ2) is 6.84. The lowest BCUT2D eigenvalue weighted by atomic mass is 10.2. The minimum absolute atomic E-state index is 0.0720. The van der Waals surface area contributed by atoms with Crippen molar-refractivity contribution >= 4 is 17.3 Å². The van der Waals surface area contributed by atoms with Crippen LogP contribution in [0.5, 0.6) is 0 Å². The zero-order chi connectivity index (χ0) is 15.2. The molecule has 11 heteroatoms. The molecule has 20 heavy (non-hydrogen) atoms. The Morgan fingerprint density at radius 3 is 2.50 bits per heavy atom. The molecular weight excluding hydrogens is 281 g/mol. The summed E-state index contributed by atoms with van der Waals surface area (Å²) in [5.74, 6) is 4.81. The second-order valence-corrected chi connectivity index (χ2v) is 3.82. The fraction of sp³-hybridized carbons (Fsp3) is 0.556. The molecule has 0 amide bonds. The molecule has 0 saturated carbocycles. The molecule has 0 bridgehead atoms. The highest BCUT2D eigenvalue weighted by Crippen LogP contribution is 2.28. The molecule has 0 aliphatic carbocycles. The number of alkyl halides is 3. The van der Waals surface area contributed by atoms with Crippen LogP contribution in [0.15, 0.2) is 6.33 Å². The normalized spacial score (nSPS) is 11.2. The molecule has 0 aromatic carbocycles. The van der Waals surface area contributed by atoms with Crippen LogP contribution in [0, 0.1) is 10.1 Å². The highest BCUT2D eigenvalue weighted by Gasteiger charge is 2.26. The van der Waals surface area contributed by atoms with Gasteiger partial charge in [-0.05, 0) is 12.8 Å². The summed E-state index contributed by atoms with van der Waals surface area (Å²) < 4.78 is 35.8. The molecule has 0 aliphatic heterocycles. The first kappa shape index (κ1) is 15.9. The molecule has 1 aromatic heterocycles. The van der Waals surface area contributed by atoms with Crippen molar-refractivity contribution in [2.24, 2.45) is 5.84 Å². The minimum Gasteiger partial charge on any atom is -0.364 e. The molecule has 1 rings (SSSR count). The Bertz CT molecular complexity index is 467. The van der Waals surface area contributed by atoms with Gasteiger partial charge in [0.15, 0.2) is 0 Å².